The molecule has 2 rings (SSSR count). The van der Waals surface area contributed by atoms with Gasteiger partial charge in [-0.15, -0.1) is 0 Å². The van der Waals surface area contributed by atoms with Crippen LogP contribution in [0.3, 0.4) is 0 Å². The van der Waals surface area contributed by atoms with Gasteiger partial charge in [-0.3, -0.25) is 0 Å². The van der Waals surface area contributed by atoms with Crippen molar-refractivity contribution in [2.24, 2.45) is 5.92 Å². The predicted molar refractivity (Wildman–Crippen MR) is 74.1 cm³/mol. The van der Waals surface area contributed by atoms with E-state index in [1.54, 1.807) is 24.3 Å². The lowest BCUT2D eigenvalue weighted by Crippen LogP contribution is -2.37. The molecule has 1 aromatic rings. The van der Waals surface area contributed by atoms with Crippen LogP contribution in [0.2, 0.25) is 0 Å². The van der Waals surface area contributed by atoms with E-state index in [0.29, 0.717) is 11.5 Å². The number of hydrogen-bond donors (Lipinski definition) is 2. The highest BCUT2D eigenvalue weighted by Gasteiger charge is 2.25. The first-order valence-electron chi connectivity index (χ1n) is 6.74. The van der Waals surface area contributed by atoms with Crippen LogP contribution in [0.4, 0.5) is 0 Å². The first-order valence-corrected chi connectivity index (χ1v) is 8.22. The zero-order valence-electron chi connectivity index (χ0n) is 11.2. The van der Waals surface area contributed by atoms with Gasteiger partial charge in [-0.05, 0) is 43.2 Å². The highest BCUT2D eigenvalue weighted by atomic mass is 32.2. The Bertz CT molecular complexity index is 519. The molecule has 0 heterocycles. The van der Waals surface area contributed by atoms with Crippen molar-refractivity contribution in [1.82, 2.24) is 4.72 Å². The Morgan fingerprint density at radius 1 is 1.21 bits per heavy atom. The number of rotatable bonds is 4. The lowest BCUT2D eigenvalue weighted by molar-refractivity contribution is 0.278. The molecule has 1 aliphatic carbocycles. The van der Waals surface area contributed by atoms with Crippen molar-refractivity contribution in [1.29, 1.82) is 0 Å². The van der Waals surface area contributed by atoms with E-state index in [2.05, 4.69) is 11.6 Å². The summed E-state index contributed by atoms with van der Waals surface area (Å²) in [4.78, 5) is 0.191. The van der Waals surface area contributed by atoms with Gasteiger partial charge in [0, 0.05) is 6.04 Å². The van der Waals surface area contributed by atoms with E-state index in [1.165, 1.54) is 0 Å². The van der Waals surface area contributed by atoms with Gasteiger partial charge in [0.2, 0.25) is 10.0 Å². The maximum Gasteiger partial charge on any atom is 0.241 e. The summed E-state index contributed by atoms with van der Waals surface area (Å²) in [7, 11) is -3.53. The van der Waals surface area contributed by atoms with Crippen molar-refractivity contribution in [3.8, 4) is 0 Å². The Labute approximate surface area is 114 Å². The maximum absolute atomic E-state index is 12.3. The molecule has 0 aromatic heterocycles. The summed E-state index contributed by atoms with van der Waals surface area (Å²) < 4.78 is 27.4. The molecule has 1 saturated carbocycles. The lowest BCUT2D eigenvalue weighted by Gasteiger charge is -2.27. The van der Waals surface area contributed by atoms with E-state index in [4.69, 9.17) is 0 Å². The van der Waals surface area contributed by atoms with Crippen LogP contribution in [-0.2, 0) is 16.6 Å². The number of aliphatic hydroxyl groups excluding tert-OH is 1. The van der Waals surface area contributed by atoms with E-state index < -0.39 is 10.0 Å². The van der Waals surface area contributed by atoms with Crippen LogP contribution in [0.15, 0.2) is 29.2 Å². The summed E-state index contributed by atoms with van der Waals surface area (Å²) in [6, 6.07) is 6.60. The Balaban J connectivity index is 2.14. The Morgan fingerprint density at radius 2 is 1.84 bits per heavy atom. The fourth-order valence-corrected chi connectivity index (χ4v) is 4.09. The molecule has 0 radical (unpaired) electrons. The standard InChI is InChI=1S/C14H21NO3S/c1-11-6-8-13(9-7-11)15-19(17,18)14-5-3-2-4-12(14)10-16/h2-5,11,13,15-16H,6-10H2,1H3. The monoisotopic (exact) mass is 283 g/mol. The topological polar surface area (TPSA) is 66.4 Å². The van der Waals surface area contributed by atoms with Crippen LogP contribution in [0.25, 0.3) is 0 Å². The lowest BCUT2D eigenvalue weighted by atomic mass is 9.88. The van der Waals surface area contributed by atoms with Crippen LogP contribution < -0.4 is 4.72 Å². The largest absolute Gasteiger partial charge is 0.392 e. The van der Waals surface area contributed by atoms with Gasteiger partial charge in [-0.1, -0.05) is 25.1 Å². The molecular formula is C14H21NO3S. The van der Waals surface area contributed by atoms with Gasteiger partial charge >= 0.3 is 0 Å². The van der Waals surface area contributed by atoms with Crippen molar-refractivity contribution < 1.29 is 13.5 Å². The smallest absolute Gasteiger partial charge is 0.241 e. The molecule has 1 aliphatic rings. The second-order valence-corrected chi connectivity index (χ2v) is 7.03. The normalized spacial score (nSPS) is 24.3. The number of sulfonamides is 1. The van der Waals surface area contributed by atoms with Crippen molar-refractivity contribution in [3.05, 3.63) is 29.8 Å². The molecule has 19 heavy (non-hydrogen) atoms. The van der Waals surface area contributed by atoms with Crippen LogP contribution in [0.1, 0.15) is 38.2 Å². The summed E-state index contributed by atoms with van der Waals surface area (Å²) in [5.74, 6) is 0.686. The summed E-state index contributed by atoms with van der Waals surface area (Å²) in [5, 5.41) is 9.23. The highest BCUT2D eigenvalue weighted by molar-refractivity contribution is 7.89. The quantitative estimate of drug-likeness (QED) is 0.888. The molecule has 0 atom stereocenters. The van der Waals surface area contributed by atoms with Crippen molar-refractivity contribution in [3.63, 3.8) is 0 Å². The van der Waals surface area contributed by atoms with Crippen molar-refractivity contribution >= 4 is 10.0 Å². The van der Waals surface area contributed by atoms with Gasteiger partial charge in [-0.2, -0.15) is 0 Å². The number of aliphatic hydroxyl groups is 1. The van der Waals surface area contributed by atoms with E-state index in [9.17, 15) is 13.5 Å². The van der Waals surface area contributed by atoms with Gasteiger partial charge < -0.3 is 5.11 Å². The third-order valence-corrected chi connectivity index (χ3v) is 5.39. The van der Waals surface area contributed by atoms with E-state index in [1.807, 2.05) is 0 Å². The second-order valence-electron chi connectivity index (χ2n) is 5.34. The first kappa shape index (κ1) is 14.5. The Kier molecular flexibility index (Phi) is 4.60. The molecule has 0 unspecified atom stereocenters. The molecule has 0 spiro atoms. The van der Waals surface area contributed by atoms with Gasteiger partial charge in [0.1, 0.15) is 0 Å². The van der Waals surface area contributed by atoms with Gasteiger partial charge in [0.15, 0.2) is 0 Å². The summed E-state index contributed by atoms with van der Waals surface area (Å²) >= 11 is 0. The number of hydrogen-bond acceptors (Lipinski definition) is 3. The van der Waals surface area contributed by atoms with E-state index in [0.717, 1.165) is 25.7 Å². The first-order chi connectivity index (χ1) is 9.03. The molecule has 0 saturated heterocycles. The minimum Gasteiger partial charge on any atom is -0.392 e. The Morgan fingerprint density at radius 3 is 2.47 bits per heavy atom. The van der Waals surface area contributed by atoms with Gasteiger partial charge in [0.05, 0.1) is 11.5 Å². The van der Waals surface area contributed by atoms with Crippen LogP contribution in [0.5, 0.6) is 0 Å². The fourth-order valence-electron chi connectivity index (χ4n) is 2.56. The summed E-state index contributed by atoms with van der Waals surface area (Å²) in [6.45, 7) is 1.94. The molecule has 2 N–H and O–H groups in total. The number of nitrogens with one attached hydrogen (secondary N) is 1. The zero-order chi connectivity index (χ0) is 13.9. The summed E-state index contributed by atoms with van der Waals surface area (Å²) in [6.07, 6.45) is 3.91. The fraction of sp³-hybridized carbons (Fsp3) is 0.571. The number of benzene rings is 1. The van der Waals surface area contributed by atoms with Crippen LogP contribution >= 0.6 is 0 Å². The predicted octanol–water partition coefficient (Wildman–Crippen LogP) is 2.04. The van der Waals surface area contributed by atoms with Crippen LogP contribution in [0, 0.1) is 5.92 Å². The minimum atomic E-state index is -3.53. The summed E-state index contributed by atoms with van der Waals surface area (Å²) in [5.41, 5.74) is 0.444. The molecule has 5 heteroatoms. The van der Waals surface area contributed by atoms with Crippen molar-refractivity contribution in [2.45, 2.75) is 50.2 Å². The average Bonchev–Trinajstić information content (AvgIpc) is 2.41. The van der Waals surface area contributed by atoms with Gasteiger partial charge in [0.25, 0.3) is 0 Å². The minimum absolute atomic E-state index is 0.0212. The van der Waals surface area contributed by atoms with E-state index in [-0.39, 0.29) is 17.5 Å². The van der Waals surface area contributed by atoms with Crippen LogP contribution in [-0.4, -0.2) is 19.6 Å². The molecule has 1 aromatic carbocycles. The molecule has 0 amide bonds. The third kappa shape index (κ3) is 3.55. The van der Waals surface area contributed by atoms with Crippen molar-refractivity contribution in [2.75, 3.05) is 0 Å². The molecule has 0 bridgehead atoms. The zero-order valence-corrected chi connectivity index (χ0v) is 12.0. The molecular weight excluding hydrogens is 262 g/mol. The molecule has 106 valence electrons. The Hall–Kier alpha value is -0.910. The van der Waals surface area contributed by atoms with E-state index >= 15 is 0 Å². The maximum atomic E-state index is 12.3. The molecule has 1 fully saturated rings. The molecule has 4 nitrogen and oxygen atoms in total. The SMILES string of the molecule is CC1CCC(NS(=O)(=O)c2ccccc2CO)CC1. The molecule has 0 aliphatic heterocycles. The highest BCUT2D eigenvalue weighted by Crippen LogP contribution is 2.25. The second kappa shape index (κ2) is 6.03. The third-order valence-electron chi connectivity index (χ3n) is 3.77. The average molecular weight is 283 g/mol. The van der Waals surface area contributed by atoms with Gasteiger partial charge in [-0.25, -0.2) is 13.1 Å².